The Morgan fingerprint density at radius 3 is 2.21 bits per heavy atom. The third-order valence-corrected chi connectivity index (χ3v) is 5.23. The molecule has 0 aromatic carbocycles. The second kappa shape index (κ2) is 6.08. The zero-order chi connectivity index (χ0) is 14.0. The lowest BCUT2D eigenvalue weighted by molar-refractivity contribution is 0.0729. The van der Waals surface area contributed by atoms with Gasteiger partial charge in [-0.25, -0.2) is 0 Å². The van der Waals surface area contributed by atoms with Gasteiger partial charge < -0.3 is 4.90 Å². The molecule has 0 radical (unpaired) electrons. The Morgan fingerprint density at radius 1 is 1.11 bits per heavy atom. The number of likely N-dealkylation sites (tertiary alicyclic amines) is 1. The number of rotatable bonds is 3. The first kappa shape index (κ1) is 14.6. The van der Waals surface area contributed by atoms with Crippen molar-refractivity contribution >= 4 is 17.2 Å². The molecule has 2 nitrogen and oxygen atoms in total. The van der Waals surface area contributed by atoms with E-state index in [4.69, 9.17) is 0 Å². The average Bonchev–Trinajstić information content (AvgIpc) is 2.84. The number of nitrogens with zero attached hydrogens (tertiary/aromatic N) is 1. The van der Waals surface area contributed by atoms with Crippen LogP contribution in [0.25, 0.3) is 0 Å². The van der Waals surface area contributed by atoms with Crippen LogP contribution in [0.1, 0.15) is 78.9 Å². The van der Waals surface area contributed by atoms with Crippen molar-refractivity contribution in [2.75, 3.05) is 13.1 Å². The maximum atomic E-state index is 12.5. The van der Waals surface area contributed by atoms with Gasteiger partial charge in [0.15, 0.2) is 0 Å². The maximum Gasteiger partial charge on any atom is 0.263 e. The van der Waals surface area contributed by atoms with Gasteiger partial charge in [-0.3, -0.25) is 4.79 Å². The van der Waals surface area contributed by atoms with Crippen LogP contribution < -0.4 is 0 Å². The largest absolute Gasteiger partial charge is 0.338 e. The normalized spacial score (nSPS) is 16.4. The predicted octanol–water partition coefficient (Wildman–Crippen LogP) is 4.62. The fraction of sp³-hybridized carbons (Fsp3) is 0.688. The molecular weight excluding hydrogens is 254 g/mol. The molecule has 1 aliphatic rings. The first-order chi connectivity index (χ1) is 9.00. The molecule has 1 aliphatic heterocycles. The van der Waals surface area contributed by atoms with Gasteiger partial charge in [0.1, 0.15) is 0 Å². The van der Waals surface area contributed by atoms with E-state index in [1.165, 1.54) is 16.9 Å². The summed E-state index contributed by atoms with van der Waals surface area (Å²) in [6.45, 7) is 10.7. The van der Waals surface area contributed by atoms with Gasteiger partial charge in [-0.05, 0) is 42.7 Å². The van der Waals surface area contributed by atoms with Crippen molar-refractivity contribution in [2.45, 2.75) is 58.8 Å². The van der Waals surface area contributed by atoms with Crippen LogP contribution in [0, 0.1) is 0 Å². The molecule has 1 amide bonds. The highest BCUT2D eigenvalue weighted by atomic mass is 32.1. The first-order valence-electron chi connectivity index (χ1n) is 7.43. The van der Waals surface area contributed by atoms with E-state index in [0.717, 1.165) is 30.8 Å². The quantitative estimate of drug-likeness (QED) is 0.790. The maximum absolute atomic E-state index is 12.5. The van der Waals surface area contributed by atoms with Gasteiger partial charge in [-0.1, -0.05) is 27.7 Å². The molecule has 106 valence electrons. The molecule has 0 spiro atoms. The molecule has 0 atom stereocenters. The number of hydrogen-bond acceptors (Lipinski definition) is 2. The van der Waals surface area contributed by atoms with Gasteiger partial charge in [-0.2, -0.15) is 0 Å². The molecule has 19 heavy (non-hydrogen) atoms. The highest BCUT2D eigenvalue weighted by molar-refractivity contribution is 7.14. The number of carbonyl (C=O) groups is 1. The highest BCUT2D eigenvalue weighted by Gasteiger charge is 2.23. The van der Waals surface area contributed by atoms with Gasteiger partial charge in [0.2, 0.25) is 0 Å². The molecule has 1 fully saturated rings. The molecule has 0 saturated carbocycles. The Morgan fingerprint density at radius 2 is 1.74 bits per heavy atom. The third-order valence-electron chi connectivity index (χ3n) is 3.79. The lowest BCUT2D eigenvalue weighted by Crippen LogP contribution is -2.35. The van der Waals surface area contributed by atoms with Crippen LogP contribution in [0.3, 0.4) is 0 Å². The minimum atomic E-state index is 0.249. The van der Waals surface area contributed by atoms with Gasteiger partial charge in [0.25, 0.3) is 5.91 Å². The summed E-state index contributed by atoms with van der Waals surface area (Å²) in [4.78, 5) is 16.9. The molecule has 1 aromatic heterocycles. The Labute approximate surface area is 120 Å². The Balaban J connectivity index is 2.24. The number of amides is 1. The predicted molar refractivity (Wildman–Crippen MR) is 82.3 cm³/mol. The van der Waals surface area contributed by atoms with E-state index >= 15 is 0 Å². The summed E-state index contributed by atoms with van der Waals surface area (Å²) >= 11 is 1.71. The molecule has 0 N–H and O–H groups in total. The van der Waals surface area contributed by atoms with Crippen LogP contribution in [0.2, 0.25) is 0 Å². The van der Waals surface area contributed by atoms with Crippen molar-refractivity contribution in [1.29, 1.82) is 0 Å². The third kappa shape index (κ3) is 3.19. The van der Waals surface area contributed by atoms with Crippen molar-refractivity contribution in [3.63, 3.8) is 0 Å². The molecule has 2 rings (SSSR count). The molecule has 0 bridgehead atoms. The smallest absolute Gasteiger partial charge is 0.263 e. The highest BCUT2D eigenvalue weighted by Crippen LogP contribution is 2.34. The van der Waals surface area contributed by atoms with E-state index in [-0.39, 0.29) is 5.91 Å². The lowest BCUT2D eigenvalue weighted by atomic mass is 9.98. The van der Waals surface area contributed by atoms with Crippen LogP contribution in [0.4, 0.5) is 0 Å². The van der Waals surface area contributed by atoms with Gasteiger partial charge in [0.05, 0.1) is 4.88 Å². The minimum Gasteiger partial charge on any atom is -0.338 e. The van der Waals surface area contributed by atoms with Crippen LogP contribution in [0.5, 0.6) is 0 Å². The van der Waals surface area contributed by atoms with Crippen molar-refractivity contribution in [3.05, 3.63) is 21.4 Å². The van der Waals surface area contributed by atoms with Crippen molar-refractivity contribution in [2.24, 2.45) is 0 Å². The molecule has 0 aliphatic carbocycles. The first-order valence-corrected chi connectivity index (χ1v) is 8.25. The second-order valence-corrected chi connectivity index (χ2v) is 7.18. The van der Waals surface area contributed by atoms with E-state index in [9.17, 15) is 4.79 Å². The second-order valence-electron chi connectivity index (χ2n) is 6.09. The lowest BCUT2D eigenvalue weighted by Gasteiger charge is -2.26. The Hall–Kier alpha value is -0.830. The Kier molecular flexibility index (Phi) is 4.67. The molecule has 0 unspecified atom stereocenters. The summed E-state index contributed by atoms with van der Waals surface area (Å²) in [5.41, 5.74) is 1.36. The minimum absolute atomic E-state index is 0.249. The molecule has 3 heteroatoms. The van der Waals surface area contributed by atoms with Crippen molar-refractivity contribution in [3.8, 4) is 0 Å². The number of thiophene rings is 1. The summed E-state index contributed by atoms with van der Waals surface area (Å²) in [6, 6.07) is 2.14. The van der Waals surface area contributed by atoms with Crippen molar-refractivity contribution < 1.29 is 4.79 Å². The van der Waals surface area contributed by atoms with Crippen LogP contribution in [-0.4, -0.2) is 23.9 Å². The van der Waals surface area contributed by atoms with Crippen LogP contribution in [-0.2, 0) is 0 Å². The summed E-state index contributed by atoms with van der Waals surface area (Å²) < 4.78 is 0. The summed E-state index contributed by atoms with van der Waals surface area (Å²) in [5.74, 6) is 1.25. The summed E-state index contributed by atoms with van der Waals surface area (Å²) in [5, 5.41) is 0. The average molecular weight is 279 g/mol. The fourth-order valence-corrected chi connectivity index (χ4v) is 3.97. The number of piperidine rings is 1. The van der Waals surface area contributed by atoms with Crippen LogP contribution >= 0.6 is 11.3 Å². The Bertz CT molecular complexity index is 416. The molecule has 1 aromatic rings. The SMILES string of the molecule is CC(C)c1cc(C(=O)N2CCCCC2)sc1C(C)C. The summed E-state index contributed by atoms with van der Waals surface area (Å²) in [7, 11) is 0. The zero-order valence-electron chi connectivity index (χ0n) is 12.5. The standard InChI is InChI=1S/C16H25NOS/c1-11(2)13-10-14(19-15(13)12(3)4)16(18)17-8-6-5-7-9-17/h10-12H,5-9H2,1-4H3. The van der Waals surface area contributed by atoms with E-state index in [2.05, 4.69) is 33.8 Å². The van der Waals surface area contributed by atoms with Gasteiger partial charge in [-0.15, -0.1) is 11.3 Å². The van der Waals surface area contributed by atoms with E-state index in [0.29, 0.717) is 11.8 Å². The van der Waals surface area contributed by atoms with Crippen LogP contribution in [0.15, 0.2) is 6.07 Å². The molecule has 2 heterocycles. The zero-order valence-corrected chi connectivity index (χ0v) is 13.3. The van der Waals surface area contributed by atoms with E-state index in [1.54, 1.807) is 11.3 Å². The monoisotopic (exact) mass is 279 g/mol. The van der Waals surface area contributed by atoms with Gasteiger partial charge >= 0.3 is 0 Å². The fourth-order valence-electron chi connectivity index (χ4n) is 2.68. The van der Waals surface area contributed by atoms with Crippen molar-refractivity contribution in [1.82, 2.24) is 4.90 Å². The summed E-state index contributed by atoms with van der Waals surface area (Å²) in [6.07, 6.45) is 3.58. The topological polar surface area (TPSA) is 20.3 Å². The molecule has 1 saturated heterocycles. The number of carbonyl (C=O) groups excluding carboxylic acids is 1. The van der Waals surface area contributed by atoms with Gasteiger partial charge in [0, 0.05) is 18.0 Å². The van der Waals surface area contributed by atoms with E-state index in [1.807, 2.05) is 4.90 Å². The van der Waals surface area contributed by atoms with E-state index < -0.39 is 0 Å². The molecular formula is C16H25NOS. The number of hydrogen-bond donors (Lipinski definition) is 0.